The third-order valence-electron chi connectivity index (χ3n) is 4.93. The number of hydrogen-bond donors (Lipinski definition) is 1. The van der Waals surface area contributed by atoms with Crippen molar-refractivity contribution in [2.24, 2.45) is 0 Å². The molecule has 1 amide bonds. The average molecular weight is 438 g/mol. The molecule has 7 nitrogen and oxygen atoms in total. The zero-order chi connectivity index (χ0) is 21.0. The fourth-order valence-corrected chi connectivity index (χ4v) is 4.71. The van der Waals surface area contributed by atoms with Gasteiger partial charge in [-0.25, -0.2) is 8.42 Å². The Balaban J connectivity index is 1.84. The number of likely N-dealkylation sites (tertiary alicyclic amines) is 1. The zero-order valence-corrected chi connectivity index (χ0v) is 18.0. The highest BCUT2D eigenvalue weighted by atomic mass is 35.5. The highest BCUT2D eigenvalue weighted by Gasteiger charge is 2.25. The molecule has 0 spiro atoms. The molecule has 9 heteroatoms. The Bertz CT molecular complexity index is 991. The number of nitrogens with one attached hydrogen (secondary N) is 1. The lowest BCUT2D eigenvalue weighted by molar-refractivity contribution is -0.0258. The third kappa shape index (κ3) is 4.96. The molecular formula is C20H24ClN3O4S. The Labute approximate surface area is 176 Å². The van der Waals surface area contributed by atoms with E-state index in [1.54, 1.807) is 0 Å². The molecule has 1 fully saturated rings. The summed E-state index contributed by atoms with van der Waals surface area (Å²) in [5, 5.41) is 2.91. The molecule has 0 saturated carbocycles. The summed E-state index contributed by atoms with van der Waals surface area (Å²) >= 11 is 6.07. The number of para-hydroxylation sites is 1. The van der Waals surface area contributed by atoms with E-state index in [1.165, 1.54) is 45.2 Å². The summed E-state index contributed by atoms with van der Waals surface area (Å²) in [6.07, 6.45) is 2.37. The molecule has 2 aromatic carbocycles. The van der Waals surface area contributed by atoms with E-state index in [0.717, 1.165) is 25.2 Å². The monoisotopic (exact) mass is 437 g/mol. The summed E-state index contributed by atoms with van der Waals surface area (Å²) in [6.45, 7) is 2.86. The van der Waals surface area contributed by atoms with Crippen LogP contribution in [0, 0.1) is 0 Å². The van der Waals surface area contributed by atoms with Crippen molar-refractivity contribution in [1.82, 2.24) is 9.37 Å². The van der Waals surface area contributed by atoms with Crippen LogP contribution in [0.5, 0.6) is 0 Å². The van der Waals surface area contributed by atoms with Gasteiger partial charge in [0, 0.05) is 24.8 Å². The molecule has 0 bridgehead atoms. The maximum Gasteiger partial charge on any atom is 0.266 e. The van der Waals surface area contributed by atoms with Gasteiger partial charge in [0.1, 0.15) is 4.90 Å². The minimum Gasteiger partial charge on any atom is -0.322 e. The molecule has 1 N–H and O–H groups in total. The Hall–Kier alpha value is -1.97. The van der Waals surface area contributed by atoms with Crippen molar-refractivity contribution in [3.8, 4) is 0 Å². The van der Waals surface area contributed by atoms with E-state index < -0.39 is 15.9 Å². The molecule has 29 heavy (non-hydrogen) atoms. The Kier molecular flexibility index (Phi) is 6.92. The summed E-state index contributed by atoms with van der Waals surface area (Å²) in [4.78, 5) is 19.8. The number of hydrogen-bond acceptors (Lipinski definition) is 5. The molecule has 156 valence electrons. The van der Waals surface area contributed by atoms with Crippen LogP contribution in [0.25, 0.3) is 0 Å². The van der Waals surface area contributed by atoms with E-state index >= 15 is 0 Å². The molecule has 1 saturated heterocycles. The largest absolute Gasteiger partial charge is 0.322 e. The molecule has 0 atom stereocenters. The van der Waals surface area contributed by atoms with Gasteiger partial charge in [-0.3, -0.25) is 14.5 Å². The standard InChI is InChI=1S/C20H24ClN3O4S/c1-23(28-2)29(26,27)19-13-15(9-10-17(19)21)20(25)22-18-8-4-3-7-16(18)14-24-11-5-6-12-24/h3-4,7-10,13H,5-6,11-12,14H2,1-2H3,(H,22,25). The van der Waals surface area contributed by atoms with Gasteiger partial charge in [0.05, 0.1) is 12.1 Å². The van der Waals surface area contributed by atoms with E-state index in [-0.39, 0.29) is 15.5 Å². The van der Waals surface area contributed by atoms with Gasteiger partial charge in [0.15, 0.2) is 0 Å². The van der Waals surface area contributed by atoms with E-state index in [1.807, 2.05) is 24.3 Å². The van der Waals surface area contributed by atoms with E-state index in [4.69, 9.17) is 16.4 Å². The molecule has 1 aliphatic heterocycles. The number of amides is 1. The van der Waals surface area contributed by atoms with Crippen molar-refractivity contribution in [1.29, 1.82) is 0 Å². The highest BCUT2D eigenvalue weighted by molar-refractivity contribution is 7.89. The number of benzene rings is 2. The number of carbonyl (C=O) groups is 1. The molecular weight excluding hydrogens is 414 g/mol. The van der Waals surface area contributed by atoms with Crippen LogP contribution in [-0.4, -0.2) is 50.9 Å². The summed E-state index contributed by atoms with van der Waals surface area (Å²) in [6, 6.07) is 11.8. The first kappa shape index (κ1) is 21.7. The van der Waals surface area contributed by atoms with E-state index in [9.17, 15) is 13.2 Å². The minimum atomic E-state index is -3.98. The maximum absolute atomic E-state index is 12.8. The minimum absolute atomic E-state index is 0.0138. The number of hydroxylamine groups is 1. The first-order chi connectivity index (χ1) is 13.8. The normalized spacial score (nSPS) is 15.0. The summed E-state index contributed by atoms with van der Waals surface area (Å²) in [7, 11) is -1.49. The topological polar surface area (TPSA) is 78.9 Å². The first-order valence-electron chi connectivity index (χ1n) is 9.27. The van der Waals surface area contributed by atoms with Crippen LogP contribution in [0.3, 0.4) is 0 Å². The molecule has 3 rings (SSSR count). The SMILES string of the molecule is CON(C)S(=O)(=O)c1cc(C(=O)Nc2ccccc2CN2CCCC2)ccc1Cl. The molecule has 0 unspecified atom stereocenters. The van der Waals surface area contributed by atoms with Gasteiger partial charge in [-0.15, -0.1) is 0 Å². The number of nitrogens with zero attached hydrogens (tertiary/aromatic N) is 2. The Morgan fingerprint density at radius 1 is 1.21 bits per heavy atom. The number of rotatable bonds is 7. The number of sulfonamides is 1. The van der Waals surface area contributed by atoms with Gasteiger partial charge >= 0.3 is 0 Å². The third-order valence-corrected chi connectivity index (χ3v) is 7.09. The second kappa shape index (κ2) is 9.23. The second-order valence-electron chi connectivity index (χ2n) is 6.84. The van der Waals surface area contributed by atoms with Crippen LogP contribution in [0.15, 0.2) is 47.4 Å². The molecule has 1 aliphatic rings. The van der Waals surface area contributed by atoms with Crippen LogP contribution in [0.2, 0.25) is 5.02 Å². The van der Waals surface area contributed by atoms with Crippen molar-refractivity contribution >= 4 is 33.2 Å². The first-order valence-corrected chi connectivity index (χ1v) is 11.1. The molecule has 2 aromatic rings. The van der Waals surface area contributed by atoms with Gasteiger partial charge in [-0.1, -0.05) is 34.3 Å². The van der Waals surface area contributed by atoms with Crippen molar-refractivity contribution in [3.63, 3.8) is 0 Å². The van der Waals surface area contributed by atoms with E-state index in [0.29, 0.717) is 10.2 Å². The molecule has 0 radical (unpaired) electrons. The predicted octanol–water partition coefficient (Wildman–Crippen LogP) is 3.37. The zero-order valence-electron chi connectivity index (χ0n) is 16.4. The van der Waals surface area contributed by atoms with Crippen LogP contribution >= 0.6 is 11.6 Å². The number of halogens is 1. The lowest BCUT2D eigenvalue weighted by Crippen LogP contribution is -2.26. The summed E-state index contributed by atoms with van der Waals surface area (Å²) < 4.78 is 25.8. The highest BCUT2D eigenvalue weighted by Crippen LogP contribution is 2.26. The maximum atomic E-state index is 12.8. The van der Waals surface area contributed by atoms with Crippen molar-refractivity contribution in [2.45, 2.75) is 24.3 Å². The average Bonchev–Trinajstić information content (AvgIpc) is 3.22. The second-order valence-corrected chi connectivity index (χ2v) is 9.15. The molecule has 1 heterocycles. The summed E-state index contributed by atoms with van der Waals surface area (Å²) in [5.74, 6) is -0.410. The number of carbonyl (C=O) groups excluding carboxylic acids is 1. The quantitative estimate of drug-likeness (QED) is 0.672. The van der Waals surface area contributed by atoms with Crippen LogP contribution in [0.4, 0.5) is 5.69 Å². The van der Waals surface area contributed by atoms with Gasteiger partial charge in [0.2, 0.25) is 0 Å². The van der Waals surface area contributed by atoms with Gasteiger partial charge in [-0.05, 0) is 55.8 Å². The van der Waals surface area contributed by atoms with E-state index in [2.05, 4.69) is 10.2 Å². The lowest BCUT2D eigenvalue weighted by Gasteiger charge is -2.18. The van der Waals surface area contributed by atoms with Crippen molar-refractivity contribution < 1.29 is 18.0 Å². The Morgan fingerprint density at radius 3 is 2.59 bits per heavy atom. The molecule has 0 aromatic heterocycles. The van der Waals surface area contributed by atoms with Crippen molar-refractivity contribution in [2.75, 3.05) is 32.6 Å². The fourth-order valence-electron chi connectivity index (χ4n) is 3.24. The Morgan fingerprint density at radius 2 is 1.90 bits per heavy atom. The molecule has 0 aliphatic carbocycles. The smallest absolute Gasteiger partial charge is 0.266 e. The lowest BCUT2D eigenvalue weighted by atomic mass is 10.1. The summed E-state index contributed by atoms with van der Waals surface area (Å²) in [5.41, 5.74) is 1.91. The van der Waals surface area contributed by atoms with Gasteiger partial charge in [-0.2, -0.15) is 0 Å². The number of anilines is 1. The van der Waals surface area contributed by atoms with Crippen molar-refractivity contribution in [3.05, 3.63) is 58.6 Å². The fraction of sp³-hybridized carbons (Fsp3) is 0.350. The van der Waals surface area contributed by atoms with Crippen LogP contribution in [0.1, 0.15) is 28.8 Å². The van der Waals surface area contributed by atoms with Gasteiger partial charge < -0.3 is 5.32 Å². The van der Waals surface area contributed by atoms with Crippen LogP contribution < -0.4 is 5.32 Å². The van der Waals surface area contributed by atoms with Crippen LogP contribution in [-0.2, 0) is 21.4 Å². The van der Waals surface area contributed by atoms with Gasteiger partial charge in [0.25, 0.3) is 15.9 Å². The predicted molar refractivity (Wildman–Crippen MR) is 112 cm³/mol.